The molecule has 0 aliphatic heterocycles. The number of carboxylic acids is 2. The van der Waals surface area contributed by atoms with Crippen molar-refractivity contribution in [3.8, 4) is 5.75 Å². The van der Waals surface area contributed by atoms with Crippen molar-refractivity contribution in [2.45, 2.75) is 30.0 Å². The first-order valence-corrected chi connectivity index (χ1v) is 12.7. The van der Waals surface area contributed by atoms with E-state index in [1.807, 2.05) is 0 Å². The number of nitrogens with zero attached hydrogens (tertiary/aromatic N) is 1. The van der Waals surface area contributed by atoms with Gasteiger partial charge in [-0.1, -0.05) is 41.4 Å². The molecule has 0 aliphatic carbocycles. The number of ether oxygens (including phenoxy) is 1. The highest BCUT2D eigenvalue weighted by Crippen LogP contribution is 2.29. The van der Waals surface area contributed by atoms with Crippen molar-refractivity contribution in [2.75, 3.05) is 13.2 Å². The minimum absolute atomic E-state index is 0.108. The monoisotopic (exact) mass is 618 g/mol. The number of guanidine groups is 1. The summed E-state index contributed by atoms with van der Waals surface area (Å²) in [6.45, 7) is 0.612. The third-order valence-corrected chi connectivity index (χ3v) is 6.63. The Hall–Kier alpha value is -3.47. The summed E-state index contributed by atoms with van der Waals surface area (Å²) in [4.78, 5) is 25.0. The van der Waals surface area contributed by atoms with Gasteiger partial charge in [0.05, 0.1) is 16.7 Å². The average molecular weight is 619 g/mol. The zero-order valence-electron chi connectivity index (χ0n) is 19.7. The maximum Gasteiger partial charge on any atom is 0.490 e. The van der Waals surface area contributed by atoms with Crippen molar-refractivity contribution in [3.63, 3.8) is 0 Å². The van der Waals surface area contributed by atoms with Crippen molar-refractivity contribution in [2.24, 2.45) is 16.6 Å². The zero-order valence-corrected chi connectivity index (χ0v) is 22.0. The topological polar surface area (TPSA) is 204 Å². The molecule has 18 heteroatoms. The Labute approximate surface area is 230 Å². The standard InChI is InChI=1S/C19H22Cl2N4O6S.C2HF3O2/c20-14-3-1-4-15(21)17(14)32(28,29)25-16(18(26)27)11-12-5-7-13(8-6-12)30-9-2-10-31-24-19(22)23;3-2(4,5)1(6)7/h1,3-8,16,25H,2,9-11H2,(H,26,27)(H4,22,23,24);(H,6,7)/t16-;/m0./s1. The van der Waals surface area contributed by atoms with Gasteiger partial charge in [0.25, 0.3) is 0 Å². The predicted octanol–water partition coefficient (Wildman–Crippen LogP) is 2.57. The number of halogens is 5. The van der Waals surface area contributed by atoms with E-state index in [-0.39, 0.29) is 33.9 Å². The van der Waals surface area contributed by atoms with Crippen molar-refractivity contribution in [1.29, 1.82) is 0 Å². The van der Waals surface area contributed by atoms with E-state index in [1.54, 1.807) is 24.3 Å². The van der Waals surface area contributed by atoms with Crippen molar-refractivity contribution in [3.05, 3.63) is 58.1 Å². The van der Waals surface area contributed by atoms with Gasteiger partial charge in [-0.3, -0.25) is 4.79 Å². The molecule has 0 bridgehead atoms. The van der Waals surface area contributed by atoms with E-state index in [9.17, 15) is 31.5 Å². The third kappa shape index (κ3) is 12.3. The van der Waals surface area contributed by atoms with E-state index in [4.69, 9.17) is 54.1 Å². The van der Waals surface area contributed by atoms with Crippen LogP contribution in [-0.4, -0.2) is 62.0 Å². The second-order valence-corrected chi connectivity index (χ2v) is 9.73. The average Bonchev–Trinajstić information content (AvgIpc) is 2.81. The van der Waals surface area contributed by atoms with E-state index in [0.29, 0.717) is 24.3 Å². The number of benzene rings is 2. The lowest BCUT2D eigenvalue weighted by atomic mass is 10.1. The van der Waals surface area contributed by atoms with Gasteiger partial charge in [-0.25, -0.2) is 13.2 Å². The summed E-state index contributed by atoms with van der Waals surface area (Å²) < 4.78 is 64.8. The van der Waals surface area contributed by atoms with Crippen LogP contribution in [0.4, 0.5) is 13.2 Å². The van der Waals surface area contributed by atoms with E-state index in [2.05, 4.69) is 9.88 Å². The summed E-state index contributed by atoms with van der Waals surface area (Å²) in [7, 11) is -4.28. The molecule has 0 heterocycles. The minimum Gasteiger partial charge on any atom is -0.493 e. The van der Waals surface area contributed by atoms with Gasteiger partial charge >= 0.3 is 18.1 Å². The highest BCUT2D eigenvalue weighted by molar-refractivity contribution is 7.89. The number of carbonyl (C=O) groups is 2. The molecule has 0 unspecified atom stereocenters. The summed E-state index contributed by atoms with van der Waals surface area (Å²) in [6.07, 6.45) is -4.66. The van der Waals surface area contributed by atoms with E-state index < -0.39 is 34.2 Å². The van der Waals surface area contributed by atoms with Gasteiger partial charge in [0.15, 0.2) is 0 Å². The fourth-order valence-electron chi connectivity index (χ4n) is 2.56. The Morgan fingerprint density at radius 3 is 2.03 bits per heavy atom. The Morgan fingerprint density at radius 1 is 1.03 bits per heavy atom. The normalized spacial score (nSPS) is 11.9. The lowest BCUT2D eigenvalue weighted by Crippen LogP contribution is -2.42. The first kappa shape index (κ1) is 33.6. The van der Waals surface area contributed by atoms with Crippen LogP contribution in [0.2, 0.25) is 10.0 Å². The number of carboxylic acid groups (broad SMARTS) is 2. The lowest BCUT2D eigenvalue weighted by molar-refractivity contribution is -0.192. The smallest absolute Gasteiger partial charge is 0.490 e. The molecule has 0 spiro atoms. The number of rotatable bonds is 12. The van der Waals surface area contributed by atoms with E-state index in [1.165, 1.54) is 18.2 Å². The van der Waals surface area contributed by atoms with Crippen LogP contribution in [0.15, 0.2) is 52.5 Å². The van der Waals surface area contributed by atoms with Gasteiger partial charge in [0.1, 0.15) is 23.3 Å². The largest absolute Gasteiger partial charge is 0.493 e. The molecule has 0 aliphatic rings. The van der Waals surface area contributed by atoms with Crippen LogP contribution in [-0.2, 0) is 30.9 Å². The molecule has 2 aromatic rings. The van der Waals surface area contributed by atoms with Gasteiger partial charge in [-0.05, 0) is 41.4 Å². The van der Waals surface area contributed by atoms with Gasteiger partial charge in [-0.15, -0.1) is 0 Å². The second-order valence-electron chi connectivity index (χ2n) is 7.27. The first-order valence-electron chi connectivity index (χ1n) is 10.5. The van der Waals surface area contributed by atoms with Crippen molar-refractivity contribution >= 4 is 51.1 Å². The molecule has 39 heavy (non-hydrogen) atoms. The molecule has 0 saturated carbocycles. The van der Waals surface area contributed by atoms with Gasteiger partial charge in [-0.2, -0.15) is 17.9 Å². The van der Waals surface area contributed by atoms with Gasteiger partial charge < -0.3 is 31.3 Å². The number of nitrogens with two attached hydrogens (primary N) is 2. The summed E-state index contributed by atoms with van der Waals surface area (Å²) in [5.74, 6) is -3.73. The lowest BCUT2D eigenvalue weighted by Gasteiger charge is -2.16. The third-order valence-electron chi connectivity index (χ3n) is 4.21. The Bertz CT molecular complexity index is 1240. The van der Waals surface area contributed by atoms with Crippen LogP contribution < -0.4 is 20.9 Å². The minimum atomic E-state index is -5.08. The molecule has 0 saturated heterocycles. The molecule has 0 aromatic heterocycles. The highest BCUT2D eigenvalue weighted by Gasteiger charge is 2.38. The molecule has 2 aromatic carbocycles. The molecule has 0 fully saturated rings. The van der Waals surface area contributed by atoms with E-state index >= 15 is 0 Å². The molecular formula is C21H23Cl2F3N4O8S. The molecular weight excluding hydrogens is 596 g/mol. The van der Waals surface area contributed by atoms with Crippen LogP contribution in [0.25, 0.3) is 0 Å². The van der Waals surface area contributed by atoms with Gasteiger partial charge in [0, 0.05) is 6.42 Å². The van der Waals surface area contributed by atoms with Crippen LogP contribution in [0, 0.1) is 0 Å². The molecule has 2 rings (SSSR count). The fraction of sp³-hybridized carbons (Fsp3) is 0.286. The summed E-state index contributed by atoms with van der Waals surface area (Å²) in [6, 6.07) is 9.31. The summed E-state index contributed by atoms with van der Waals surface area (Å²) in [5.41, 5.74) is 10.8. The van der Waals surface area contributed by atoms with Crippen LogP contribution >= 0.6 is 23.2 Å². The van der Waals surface area contributed by atoms with Crippen molar-refractivity contribution < 1.29 is 51.0 Å². The number of sulfonamides is 1. The maximum atomic E-state index is 12.7. The maximum absolute atomic E-state index is 12.7. The first-order chi connectivity index (χ1) is 18.0. The zero-order chi connectivity index (χ0) is 29.8. The number of hydrogen-bond acceptors (Lipinski definition) is 7. The highest BCUT2D eigenvalue weighted by atomic mass is 35.5. The van der Waals surface area contributed by atoms with Crippen LogP contribution in [0.5, 0.6) is 5.75 Å². The molecule has 0 radical (unpaired) electrons. The Balaban J connectivity index is 0.000000956. The number of nitrogens with one attached hydrogen (secondary N) is 1. The molecule has 1 atom stereocenters. The Kier molecular flexibility index (Phi) is 13.1. The SMILES string of the molecule is NC(N)=NOCCCOc1ccc(C[C@H](NS(=O)(=O)c2c(Cl)cccc2Cl)C(=O)O)cc1.O=C(O)C(F)(F)F. The molecule has 12 nitrogen and oxygen atoms in total. The van der Waals surface area contributed by atoms with Gasteiger partial charge in [0.2, 0.25) is 16.0 Å². The fourth-order valence-corrected chi connectivity index (χ4v) is 4.89. The number of oxime groups is 1. The molecule has 216 valence electrons. The summed E-state index contributed by atoms with van der Waals surface area (Å²) in [5, 5.41) is 19.8. The van der Waals surface area contributed by atoms with Crippen LogP contribution in [0.3, 0.4) is 0 Å². The molecule has 7 N–H and O–H groups in total. The van der Waals surface area contributed by atoms with Crippen molar-refractivity contribution in [1.82, 2.24) is 4.72 Å². The number of aliphatic carboxylic acids is 2. The van der Waals surface area contributed by atoms with E-state index in [0.717, 1.165) is 0 Å². The Morgan fingerprint density at radius 2 is 1.56 bits per heavy atom. The number of alkyl halides is 3. The van der Waals surface area contributed by atoms with Crippen LogP contribution in [0.1, 0.15) is 12.0 Å². The predicted molar refractivity (Wildman–Crippen MR) is 134 cm³/mol. The number of hydrogen-bond donors (Lipinski definition) is 5. The molecule has 0 amide bonds. The second kappa shape index (κ2) is 15.2. The summed E-state index contributed by atoms with van der Waals surface area (Å²) >= 11 is 11.9. The quantitative estimate of drug-likeness (QED) is 0.102.